The zero-order chi connectivity index (χ0) is 27.4. The van der Waals surface area contributed by atoms with Gasteiger partial charge in [0, 0.05) is 29.6 Å². The molecule has 0 spiro atoms. The summed E-state index contributed by atoms with van der Waals surface area (Å²) >= 11 is 6.36. The number of amides is 1. The van der Waals surface area contributed by atoms with Gasteiger partial charge in [0.05, 0.1) is 17.5 Å². The molecule has 4 rings (SSSR count). The molecule has 7 heteroatoms. The normalized spacial score (nSPS) is 23.3. The fourth-order valence-corrected chi connectivity index (χ4v) is 6.83. The lowest BCUT2D eigenvalue weighted by Crippen LogP contribution is -2.39. The SMILES string of the molecule is CCCc1cc(Cl)ccc1C1COc2ccc(C(=O)NS(=O)C(C)C(C)CC)cc2N(CC2CCC2C)C1. The van der Waals surface area contributed by atoms with Crippen molar-refractivity contribution in [2.45, 2.75) is 77.9 Å². The molecule has 1 heterocycles. The molecule has 1 amide bonds. The van der Waals surface area contributed by atoms with Gasteiger partial charge in [0.2, 0.25) is 0 Å². The monoisotopic (exact) mass is 558 g/mol. The van der Waals surface area contributed by atoms with E-state index in [4.69, 9.17) is 16.3 Å². The van der Waals surface area contributed by atoms with Crippen molar-refractivity contribution in [1.82, 2.24) is 4.72 Å². The third-order valence-electron chi connectivity index (χ3n) is 8.74. The van der Waals surface area contributed by atoms with Gasteiger partial charge in [-0.3, -0.25) is 9.52 Å². The summed E-state index contributed by atoms with van der Waals surface area (Å²) in [6, 6.07) is 11.9. The van der Waals surface area contributed by atoms with Crippen LogP contribution in [0.5, 0.6) is 5.75 Å². The molecule has 0 radical (unpaired) electrons. The Hall–Kier alpha value is -2.05. The van der Waals surface area contributed by atoms with Gasteiger partial charge in [0.25, 0.3) is 5.91 Å². The number of nitrogens with one attached hydrogen (secondary N) is 1. The van der Waals surface area contributed by atoms with Crippen molar-refractivity contribution in [2.24, 2.45) is 17.8 Å². The first-order chi connectivity index (χ1) is 18.2. The average molecular weight is 559 g/mol. The minimum Gasteiger partial charge on any atom is -0.491 e. The van der Waals surface area contributed by atoms with Crippen LogP contribution in [0.1, 0.15) is 87.7 Å². The maximum atomic E-state index is 13.1. The summed E-state index contributed by atoms with van der Waals surface area (Å²) in [5.41, 5.74) is 4.05. The van der Waals surface area contributed by atoms with Crippen LogP contribution in [0.2, 0.25) is 5.02 Å². The van der Waals surface area contributed by atoms with E-state index in [2.05, 4.69) is 49.4 Å². The topological polar surface area (TPSA) is 58.6 Å². The van der Waals surface area contributed by atoms with Gasteiger partial charge in [-0.2, -0.15) is 0 Å². The molecule has 2 aromatic carbocycles. The molecule has 2 aliphatic rings. The van der Waals surface area contributed by atoms with E-state index in [1.165, 1.54) is 24.0 Å². The molecule has 0 saturated heterocycles. The molecule has 1 N–H and O–H groups in total. The fraction of sp³-hybridized carbons (Fsp3) is 0.581. The highest BCUT2D eigenvalue weighted by atomic mass is 35.5. The fourth-order valence-electron chi connectivity index (χ4n) is 5.53. The van der Waals surface area contributed by atoms with Crippen molar-refractivity contribution >= 4 is 34.2 Å². The van der Waals surface area contributed by atoms with Gasteiger partial charge in [-0.15, -0.1) is 0 Å². The molecule has 1 aliphatic carbocycles. The lowest BCUT2D eigenvalue weighted by Gasteiger charge is -2.39. The highest BCUT2D eigenvalue weighted by Crippen LogP contribution is 2.41. The number of anilines is 1. The van der Waals surface area contributed by atoms with E-state index in [1.807, 2.05) is 25.1 Å². The Bertz CT molecular complexity index is 1160. The van der Waals surface area contributed by atoms with Crippen LogP contribution in [-0.2, 0) is 17.4 Å². The number of ether oxygens (including phenoxy) is 1. The maximum Gasteiger partial charge on any atom is 0.263 e. The summed E-state index contributed by atoms with van der Waals surface area (Å²) in [4.78, 5) is 15.6. The van der Waals surface area contributed by atoms with Crippen LogP contribution in [0.25, 0.3) is 0 Å². The minimum absolute atomic E-state index is 0.109. The molecule has 0 bridgehead atoms. The lowest BCUT2D eigenvalue weighted by atomic mass is 9.74. The second-order valence-corrected chi connectivity index (χ2v) is 13.3. The van der Waals surface area contributed by atoms with E-state index in [1.54, 1.807) is 6.07 Å². The number of hydrogen-bond acceptors (Lipinski definition) is 4. The Morgan fingerprint density at radius 2 is 1.97 bits per heavy atom. The van der Waals surface area contributed by atoms with Crippen molar-refractivity contribution in [3.8, 4) is 5.75 Å². The van der Waals surface area contributed by atoms with Gasteiger partial charge in [0.1, 0.15) is 16.7 Å². The van der Waals surface area contributed by atoms with Crippen molar-refractivity contribution in [3.05, 3.63) is 58.1 Å². The third-order valence-corrected chi connectivity index (χ3v) is 10.5. The second-order valence-electron chi connectivity index (χ2n) is 11.3. The van der Waals surface area contributed by atoms with Crippen LogP contribution >= 0.6 is 11.6 Å². The molecule has 2 aromatic rings. The van der Waals surface area contributed by atoms with Crippen LogP contribution in [0.4, 0.5) is 5.69 Å². The van der Waals surface area contributed by atoms with Gasteiger partial charge < -0.3 is 9.64 Å². The second kappa shape index (κ2) is 12.9. The molecule has 1 saturated carbocycles. The number of carbonyl (C=O) groups is 1. The number of hydrogen-bond donors (Lipinski definition) is 1. The number of fused-ring (bicyclic) bond motifs is 1. The molecular weight excluding hydrogens is 516 g/mol. The van der Waals surface area contributed by atoms with Gasteiger partial charge in [-0.1, -0.05) is 64.6 Å². The molecule has 38 heavy (non-hydrogen) atoms. The molecule has 5 nitrogen and oxygen atoms in total. The Morgan fingerprint density at radius 1 is 1.18 bits per heavy atom. The van der Waals surface area contributed by atoms with Crippen LogP contribution < -0.4 is 14.4 Å². The van der Waals surface area contributed by atoms with E-state index < -0.39 is 11.0 Å². The number of aryl methyl sites for hydroxylation is 1. The van der Waals surface area contributed by atoms with Crippen molar-refractivity contribution in [2.75, 3.05) is 24.6 Å². The first kappa shape index (κ1) is 28.9. The molecule has 0 aromatic heterocycles. The average Bonchev–Trinajstić information content (AvgIpc) is 3.09. The zero-order valence-corrected chi connectivity index (χ0v) is 25.0. The third kappa shape index (κ3) is 6.56. The molecule has 1 aliphatic heterocycles. The van der Waals surface area contributed by atoms with Crippen LogP contribution in [0.15, 0.2) is 36.4 Å². The largest absolute Gasteiger partial charge is 0.491 e. The summed E-state index contributed by atoms with van der Waals surface area (Å²) in [6.45, 7) is 12.9. The van der Waals surface area contributed by atoms with E-state index in [9.17, 15) is 9.00 Å². The summed E-state index contributed by atoms with van der Waals surface area (Å²) in [6.07, 6.45) is 5.46. The van der Waals surface area contributed by atoms with E-state index in [0.29, 0.717) is 24.0 Å². The lowest BCUT2D eigenvalue weighted by molar-refractivity contribution is 0.0982. The van der Waals surface area contributed by atoms with Gasteiger partial charge in [-0.05, 0) is 79.0 Å². The highest BCUT2D eigenvalue weighted by molar-refractivity contribution is 7.84. The summed E-state index contributed by atoms with van der Waals surface area (Å²) in [5.74, 6) is 2.28. The molecule has 1 fully saturated rings. The van der Waals surface area contributed by atoms with E-state index >= 15 is 0 Å². The number of rotatable bonds is 10. The molecule has 6 unspecified atom stereocenters. The zero-order valence-electron chi connectivity index (χ0n) is 23.5. The predicted molar refractivity (Wildman–Crippen MR) is 159 cm³/mol. The molecular formula is C31H43ClN2O3S. The highest BCUT2D eigenvalue weighted by Gasteiger charge is 2.33. The Balaban J connectivity index is 1.62. The number of halogens is 1. The first-order valence-corrected chi connectivity index (χ1v) is 15.8. The quantitative estimate of drug-likeness (QED) is 0.336. The standard InChI is InChI=1S/C31H43ClN2O3S/c1-6-8-23-15-27(32)12-13-28(23)26-18-34(17-25-10-9-21(25)4)29-16-24(11-14-30(29)37-19-26)31(35)33-38(36)22(5)20(3)7-2/h11-16,20-22,25-26H,6-10,17-19H2,1-5H3,(H,33,35). The van der Waals surface area contributed by atoms with Crippen LogP contribution in [-0.4, -0.2) is 35.1 Å². The summed E-state index contributed by atoms with van der Waals surface area (Å²) in [7, 11) is -1.44. The van der Waals surface area contributed by atoms with Crippen molar-refractivity contribution in [1.29, 1.82) is 0 Å². The molecule has 6 atom stereocenters. The van der Waals surface area contributed by atoms with E-state index in [-0.39, 0.29) is 23.0 Å². The van der Waals surface area contributed by atoms with Crippen molar-refractivity contribution < 1.29 is 13.7 Å². The van der Waals surface area contributed by atoms with E-state index in [0.717, 1.165) is 48.8 Å². The summed E-state index contributed by atoms with van der Waals surface area (Å²) < 4.78 is 22.0. The number of carbonyl (C=O) groups excluding carboxylic acids is 1. The van der Waals surface area contributed by atoms with Gasteiger partial charge >= 0.3 is 0 Å². The van der Waals surface area contributed by atoms with Gasteiger partial charge in [-0.25, -0.2) is 4.21 Å². The van der Waals surface area contributed by atoms with Crippen molar-refractivity contribution in [3.63, 3.8) is 0 Å². The van der Waals surface area contributed by atoms with Crippen LogP contribution in [0, 0.1) is 17.8 Å². The Kier molecular flexibility index (Phi) is 9.80. The minimum atomic E-state index is -1.44. The number of nitrogens with zero attached hydrogens (tertiary/aromatic N) is 1. The summed E-state index contributed by atoms with van der Waals surface area (Å²) in [5, 5.41) is 0.660. The predicted octanol–water partition coefficient (Wildman–Crippen LogP) is 7.15. The van der Waals surface area contributed by atoms with Gasteiger partial charge in [0.15, 0.2) is 0 Å². The Labute approximate surface area is 236 Å². The smallest absolute Gasteiger partial charge is 0.263 e. The number of benzene rings is 2. The van der Waals surface area contributed by atoms with Crippen LogP contribution in [0.3, 0.4) is 0 Å². The Morgan fingerprint density at radius 3 is 2.63 bits per heavy atom. The first-order valence-electron chi connectivity index (χ1n) is 14.2. The molecule has 208 valence electrons. The maximum absolute atomic E-state index is 13.1.